The molecule has 1 rings (SSSR count). The number of hydrogen-bond acceptors (Lipinski definition) is 2. The summed E-state index contributed by atoms with van der Waals surface area (Å²) in [7, 11) is 0. The smallest absolute Gasteiger partial charge is 0.239 e. The molecule has 1 unspecified atom stereocenters. The molecular formula is C12H24N2O. The van der Waals surface area contributed by atoms with Crippen LogP contribution in [0.15, 0.2) is 0 Å². The summed E-state index contributed by atoms with van der Waals surface area (Å²) in [6.45, 7) is 8.14. The lowest BCUT2D eigenvalue weighted by Gasteiger charge is -2.24. The second-order valence-electron chi connectivity index (χ2n) is 4.76. The predicted octanol–water partition coefficient (Wildman–Crippen LogP) is 1.62. The van der Waals surface area contributed by atoms with E-state index in [0.29, 0.717) is 5.92 Å². The zero-order valence-corrected chi connectivity index (χ0v) is 10.2. The molecule has 1 aliphatic heterocycles. The van der Waals surface area contributed by atoms with E-state index in [0.717, 1.165) is 25.9 Å². The van der Waals surface area contributed by atoms with Crippen molar-refractivity contribution in [1.29, 1.82) is 0 Å². The highest BCUT2D eigenvalue weighted by atomic mass is 16.2. The van der Waals surface area contributed by atoms with Gasteiger partial charge in [-0.05, 0) is 18.3 Å². The third-order valence-electron chi connectivity index (χ3n) is 3.72. The van der Waals surface area contributed by atoms with Crippen LogP contribution >= 0.6 is 0 Å². The van der Waals surface area contributed by atoms with Crippen LogP contribution in [0.4, 0.5) is 0 Å². The molecule has 0 radical (unpaired) electrons. The lowest BCUT2D eigenvalue weighted by Crippen LogP contribution is -2.46. The predicted molar refractivity (Wildman–Crippen MR) is 62.4 cm³/mol. The van der Waals surface area contributed by atoms with Crippen molar-refractivity contribution in [2.45, 2.75) is 46.1 Å². The molecule has 0 aromatic heterocycles. The summed E-state index contributed by atoms with van der Waals surface area (Å²) in [6.07, 6.45) is 3.29. The van der Waals surface area contributed by atoms with Crippen LogP contribution in [-0.2, 0) is 4.79 Å². The molecule has 15 heavy (non-hydrogen) atoms. The van der Waals surface area contributed by atoms with E-state index in [1.807, 2.05) is 4.90 Å². The molecule has 1 fully saturated rings. The van der Waals surface area contributed by atoms with Crippen molar-refractivity contribution >= 4 is 5.91 Å². The van der Waals surface area contributed by atoms with E-state index in [-0.39, 0.29) is 17.9 Å². The minimum Gasteiger partial charge on any atom is -0.341 e. The Balaban J connectivity index is 2.47. The van der Waals surface area contributed by atoms with Gasteiger partial charge in [0.1, 0.15) is 0 Å². The molecule has 1 aliphatic rings. The highest BCUT2D eigenvalue weighted by molar-refractivity contribution is 5.82. The first-order valence-electron chi connectivity index (χ1n) is 6.14. The third-order valence-corrected chi connectivity index (χ3v) is 3.72. The molecular weight excluding hydrogens is 188 g/mol. The lowest BCUT2D eigenvalue weighted by atomic mass is 9.99. The van der Waals surface area contributed by atoms with Gasteiger partial charge in [-0.1, -0.05) is 33.6 Å². The fourth-order valence-electron chi connectivity index (χ4n) is 2.07. The second-order valence-corrected chi connectivity index (χ2v) is 4.76. The van der Waals surface area contributed by atoms with E-state index in [1.165, 1.54) is 6.42 Å². The van der Waals surface area contributed by atoms with Crippen LogP contribution < -0.4 is 5.73 Å². The number of rotatable bonds is 4. The van der Waals surface area contributed by atoms with Gasteiger partial charge in [-0.2, -0.15) is 0 Å². The topological polar surface area (TPSA) is 46.3 Å². The Hall–Kier alpha value is -0.570. The number of nitrogens with two attached hydrogens (primary N) is 1. The first kappa shape index (κ1) is 12.5. The number of amides is 1. The Morgan fingerprint density at radius 1 is 1.53 bits per heavy atom. The molecule has 0 aromatic rings. The van der Waals surface area contributed by atoms with Crippen molar-refractivity contribution < 1.29 is 4.79 Å². The van der Waals surface area contributed by atoms with Gasteiger partial charge in [-0.25, -0.2) is 0 Å². The van der Waals surface area contributed by atoms with Crippen LogP contribution in [0.2, 0.25) is 0 Å². The van der Waals surface area contributed by atoms with Crippen molar-refractivity contribution in [3.63, 3.8) is 0 Å². The van der Waals surface area contributed by atoms with Gasteiger partial charge in [0.15, 0.2) is 0 Å². The first-order valence-corrected chi connectivity index (χ1v) is 6.14. The molecule has 3 atom stereocenters. The van der Waals surface area contributed by atoms with Crippen molar-refractivity contribution in [3.05, 3.63) is 0 Å². The van der Waals surface area contributed by atoms with E-state index in [2.05, 4.69) is 20.8 Å². The third kappa shape index (κ3) is 2.94. The van der Waals surface area contributed by atoms with Gasteiger partial charge in [0.2, 0.25) is 5.91 Å². The van der Waals surface area contributed by atoms with E-state index in [9.17, 15) is 4.79 Å². The quantitative estimate of drug-likeness (QED) is 0.769. The number of likely N-dealkylation sites (tertiary alicyclic amines) is 1. The van der Waals surface area contributed by atoms with Gasteiger partial charge >= 0.3 is 0 Å². The van der Waals surface area contributed by atoms with Gasteiger partial charge in [0, 0.05) is 13.1 Å². The first-order chi connectivity index (χ1) is 7.10. The van der Waals surface area contributed by atoms with Crippen molar-refractivity contribution in [3.8, 4) is 0 Å². The Labute approximate surface area is 93.0 Å². The molecule has 88 valence electrons. The molecule has 0 bridgehead atoms. The number of hydrogen-bond donors (Lipinski definition) is 1. The molecule has 0 aromatic carbocycles. The monoisotopic (exact) mass is 212 g/mol. The molecule has 2 N–H and O–H groups in total. The number of nitrogens with zero attached hydrogens (tertiary/aromatic N) is 1. The molecule has 1 saturated heterocycles. The highest BCUT2D eigenvalue weighted by Gasteiger charge is 2.30. The molecule has 0 spiro atoms. The number of carbonyl (C=O) groups is 1. The summed E-state index contributed by atoms with van der Waals surface area (Å²) in [6, 6.07) is -0.300. The molecule has 3 nitrogen and oxygen atoms in total. The Morgan fingerprint density at radius 3 is 2.67 bits per heavy atom. The summed E-state index contributed by atoms with van der Waals surface area (Å²) in [5, 5.41) is 0. The highest BCUT2D eigenvalue weighted by Crippen LogP contribution is 2.20. The fraction of sp³-hybridized carbons (Fsp3) is 0.917. The van der Waals surface area contributed by atoms with Crippen molar-refractivity contribution in [2.75, 3.05) is 13.1 Å². The van der Waals surface area contributed by atoms with E-state index < -0.39 is 0 Å². The zero-order valence-electron chi connectivity index (χ0n) is 10.2. The summed E-state index contributed by atoms with van der Waals surface area (Å²) >= 11 is 0. The van der Waals surface area contributed by atoms with Crippen LogP contribution in [-0.4, -0.2) is 29.9 Å². The molecule has 3 heteroatoms. The minimum atomic E-state index is -0.300. The summed E-state index contributed by atoms with van der Waals surface area (Å²) in [5.74, 6) is 1.14. The maximum atomic E-state index is 12.0. The maximum Gasteiger partial charge on any atom is 0.239 e. The van der Waals surface area contributed by atoms with Crippen LogP contribution in [0.3, 0.4) is 0 Å². The van der Waals surface area contributed by atoms with Crippen LogP contribution in [0.25, 0.3) is 0 Å². The second kappa shape index (κ2) is 5.50. The SMILES string of the molecule is CCC1CCN(C(=O)[C@@H](N)[C@H](C)CC)C1. The minimum absolute atomic E-state index is 0.153. The molecule has 0 aliphatic carbocycles. The van der Waals surface area contributed by atoms with Crippen LogP contribution in [0.1, 0.15) is 40.0 Å². The lowest BCUT2D eigenvalue weighted by molar-refractivity contribution is -0.132. The number of carbonyl (C=O) groups excluding carboxylic acids is 1. The Morgan fingerprint density at radius 2 is 2.20 bits per heavy atom. The Kier molecular flexibility index (Phi) is 4.58. The summed E-state index contributed by atoms with van der Waals surface area (Å²) < 4.78 is 0. The normalized spacial score (nSPS) is 25.3. The van der Waals surface area contributed by atoms with Gasteiger partial charge in [-0.15, -0.1) is 0 Å². The van der Waals surface area contributed by atoms with Gasteiger partial charge in [0.25, 0.3) is 0 Å². The Bertz CT molecular complexity index is 218. The average Bonchev–Trinajstić information content (AvgIpc) is 2.74. The summed E-state index contributed by atoms with van der Waals surface area (Å²) in [4.78, 5) is 14.0. The van der Waals surface area contributed by atoms with Gasteiger partial charge < -0.3 is 10.6 Å². The fourth-order valence-corrected chi connectivity index (χ4v) is 2.07. The van der Waals surface area contributed by atoms with Crippen LogP contribution in [0.5, 0.6) is 0 Å². The largest absolute Gasteiger partial charge is 0.341 e. The molecule has 0 saturated carbocycles. The van der Waals surface area contributed by atoms with Gasteiger partial charge in [-0.3, -0.25) is 4.79 Å². The van der Waals surface area contributed by atoms with E-state index >= 15 is 0 Å². The zero-order chi connectivity index (χ0) is 11.4. The van der Waals surface area contributed by atoms with Gasteiger partial charge in [0.05, 0.1) is 6.04 Å². The molecule has 1 heterocycles. The van der Waals surface area contributed by atoms with E-state index in [1.54, 1.807) is 0 Å². The standard InChI is InChI=1S/C12H24N2O/c1-4-9(3)11(13)12(15)14-7-6-10(5-2)8-14/h9-11H,4-8,13H2,1-3H3/t9-,10?,11+/m1/s1. The maximum absolute atomic E-state index is 12.0. The van der Waals surface area contributed by atoms with E-state index in [4.69, 9.17) is 5.73 Å². The van der Waals surface area contributed by atoms with Crippen LogP contribution in [0, 0.1) is 11.8 Å². The molecule has 1 amide bonds. The van der Waals surface area contributed by atoms with Crippen molar-refractivity contribution in [2.24, 2.45) is 17.6 Å². The summed E-state index contributed by atoms with van der Waals surface area (Å²) in [5.41, 5.74) is 5.95. The average molecular weight is 212 g/mol. The van der Waals surface area contributed by atoms with Crippen molar-refractivity contribution in [1.82, 2.24) is 4.90 Å².